The van der Waals surface area contributed by atoms with E-state index in [-0.39, 0.29) is 23.0 Å². The molecule has 4 nitrogen and oxygen atoms in total. The number of anilines is 1. The first kappa shape index (κ1) is 20.2. The molecule has 11 heteroatoms. The molecule has 30 heavy (non-hydrogen) atoms. The van der Waals surface area contributed by atoms with Gasteiger partial charge in [-0.3, -0.25) is 0 Å². The molecule has 4 aromatic rings. The number of nitrogens with one attached hydrogen (secondary N) is 1. The third-order valence-corrected chi connectivity index (χ3v) is 5.15. The number of nitrogens with zero attached hydrogens (tertiary/aromatic N) is 3. The Hall–Kier alpha value is -3.08. The Bertz CT molecular complexity index is 1150. The summed E-state index contributed by atoms with van der Waals surface area (Å²) in [6.07, 6.45) is -8.67. The zero-order chi connectivity index (χ0) is 21.5. The molecule has 0 atom stereocenters. The summed E-state index contributed by atoms with van der Waals surface area (Å²) in [7, 11) is 0. The molecule has 0 fully saturated rings. The lowest BCUT2D eigenvalue weighted by Crippen LogP contribution is -2.11. The summed E-state index contributed by atoms with van der Waals surface area (Å²) >= 11 is 1.53. The summed E-state index contributed by atoms with van der Waals surface area (Å²) in [5.41, 5.74) is -2.77. The van der Waals surface area contributed by atoms with Crippen LogP contribution in [0.2, 0.25) is 0 Å². The van der Waals surface area contributed by atoms with Crippen LogP contribution in [0.25, 0.3) is 16.9 Å². The number of fused-ring (bicyclic) bond motifs is 1. The fraction of sp³-hybridized carbons (Fsp3) is 0.158. The van der Waals surface area contributed by atoms with Crippen molar-refractivity contribution >= 4 is 22.8 Å². The molecule has 4 rings (SSSR count). The number of benzene rings is 1. The molecule has 0 spiro atoms. The number of hydrogen-bond acceptors (Lipinski definition) is 4. The van der Waals surface area contributed by atoms with Crippen LogP contribution in [0.1, 0.15) is 16.0 Å². The molecule has 0 saturated heterocycles. The van der Waals surface area contributed by atoms with E-state index in [1.807, 2.05) is 17.5 Å². The van der Waals surface area contributed by atoms with Crippen molar-refractivity contribution in [2.24, 2.45) is 0 Å². The molecule has 0 bridgehead atoms. The van der Waals surface area contributed by atoms with E-state index in [4.69, 9.17) is 0 Å². The van der Waals surface area contributed by atoms with Gasteiger partial charge in [0.2, 0.25) is 0 Å². The second kappa shape index (κ2) is 7.31. The molecule has 1 N–H and O–H groups in total. The predicted molar refractivity (Wildman–Crippen MR) is 100 cm³/mol. The number of rotatable bonds is 4. The van der Waals surface area contributed by atoms with Crippen molar-refractivity contribution in [3.63, 3.8) is 0 Å². The largest absolute Gasteiger partial charge is 0.416 e. The first-order chi connectivity index (χ1) is 14.1. The van der Waals surface area contributed by atoms with Gasteiger partial charge in [-0.15, -0.1) is 16.4 Å². The summed E-state index contributed by atoms with van der Waals surface area (Å²) in [6.45, 7) is 0.474. The number of alkyl halides is 6. The number of thiophene rings is 1. The zero-order valence-electron chi connectivity index (χ0n) is 14.9. The van der Waals surface area contributed by atoms with E-state index in [0.29, 0.717) is 24.5 Å². The van der Waals surface area contributed by atoms with Gasteiger partial charge >= 0.3 is 12.4 Å². The van der Waals surface area contributed by atoms with E-state index >= 15 is 0 Å². The molecule has 0 saturated carbocycles. The van der Waals surface area contributed by atoms with Crippen molar-refractivity contribution in [3.05, 3.63) is 70.0 Å². The van der Waals surface area contributed by atoms with Gasteiger partial charge in [-0.1, -0.05) is 6.07 Å². The SMILES string of the molecule is FC(F)(F)c1cc(-c2cnc3ccc(NCc4cccs4)nn23)cc(C(F)(F)F)c1. The number of hydrogen-bond donors (Lipinski definition) is 1. The minimum atomic E-state index is -4.93. The number of aromatic nitrogens is 3. The maximum Gasteiger partial charge on any atom is 0.416 e. The number of halogens is 6. The molecule has 0 radical (unpaired) electrons. The van der Waals surface area contributed by atoms with E-state index < -0.39 is 23.5 Å². The molecular weight excluding hydrogens is 430 g/mol. The minimum absolute atomic E-state index is 0.0152. The van der Waals surface area contributed by atoms with Crippen molar-refractivity contribution in [2.45, 2.75) is 18.9 Å². The highest BCUT2D eigenvalue weighted by Crippen LogP contribution is 2.38. The van der Waals surface area contributed by atoms with Gasteiger partial charge in [-0.05, 0) is 41.8 Å². The lowest BCUT2D eigenvalue weighted by atomic mass is 10.0. The highest BCUT2D eigenvalue weighted by molar-refractivity contribution is 7.09. The molecule has 0 aliphatic rings. The van der Waals surface area contributed by atoms with Gasteiger partial charge in [-0.2, -0.15) is 26.3 Å². The average Bonchev–Trinajstić information content (AvgIpc) is 3.34. The topological polar surface area (TPSA) is 42.2 Å². The van der Waals surface area contributed by atoms with Crippen LogP contribution in [0.5, 0.6) is 0 Å². The Morgan fingerprint density at radius 2 is 1.63 bits per heavy atom. The average molecular weight is 442 g/mol. The maximum atomic E-state index is 13.2. The lowest BCUT2D eigenvalue weighted by Gasteiger charge is -2.14. The predicted octanol–water partition coefficient (Wildman–Crippen LogP) is 6.11. The van der Waals surface area contributed by atoms with E-state index in [1.165, 1.54) is 22.0 Å². The summed E-state index contributed by atoms with van der Waals surface area (Å²) in [5.74, 6) is 0.401. The molecule has 156 valence electrons. The third-order valence-electron chi connectivity index (χ3n) is 4.27. The van der Waals surface area contributed by atoms with E-state index in [2.05, 4.69) is 15.4 Å². The molecule has 0 unspecified atom stereocenters. The zero-order valence-corrected chi connectivity index (χ0v) is 15.7. The summed E-state index contributed by atoms with van der Waals surface area (Å²) in [4.78, 5) is 5.08. The summed E-state index contributed by atoms with van der Waals surface area (Å²) in [6, 6.07) is 8.42. The maximum absolute atomic E-state index is 13.2. The number of imidazole rings is 1. The van der Waals surface area contributed by atoms with Crippen LogP contribution in [0, 0.1) is 0 Å². The van der Waals surface area contributed by atoms with Crippen LogP contribution in [0.15, 0.2) is 54.0 Å². The van der Waals surface area contributed by atoms with Crippen LogP contribution in [-0.4, -0.2) is 14.6 Å². The lowest BCUT2D eigenvalue weighted by molar-refractivity contribution is -0.143. The highest BCUT2D eigenvalue weighted by Gasteiger charge is 2.37. The van der Waals surface area contributed by atoms with E-state index in [9.17, 15) is 26.3 Å². The van der Waals surface area contributed by atoms with Crippen molar-refractivity contribution < 1.29 is 26.3 Å². The van der Waals surface area contributed by atoms with Gasteiger partial charge in [-0.25, -0.2) is 9.50 Å². The fourth-order valence-electron chi connectivity index (χ4n) is 2.86. The highest BCUT2D eigenvalue weighted by atomic mass is 32.1. The molecular formula is C19H12F6N4S. The second-order valence-electron chi connectivity index (χ2n) is 6.36. The summed E-state index contributed by atoms with van der Waals surface area (Å²) in [5, 5.41) is 9.26. The van der Waals surface area contributed by atoms with Crippen LogP contribution < -0.4 is 5.32 Å². The van der Waals surface area contributed by atoms with Crippen LogP contribution in [0.3, 0.4) is 0 Å². The third kappa shape index (κ3) is 4.11. The van der Waals surface area contributed by atoms with Gasteiger partial charge in [0, 0.05) is 10.4 Å². The first-order valence-corrected chi connectivity index (χ1v) is 9.40. The van der Waals surface area contributed by atoms with Crippen LogP contribution in [-0.2, 0) is 18.9 Å². The molecule has 0 amide bonds. The van der Waals surface area contributed by atoms with Gasteiger partial charge in [0.1, 0.15) is 5.82 Å². The normalized spacial score (nSPS) is 12.5. The minimum Gasteiger partial charge on any atom is -0.364 e. The fourth-order valence-corrected chi connectivity index (χ4v) is 3.50. The molecule has 0 aliphatic heterocycles. The van der Waals surface area contributed by atoms with E-state index in [0.717, 1.165) is 4.88 Å². The molecule has 1 aromatic carbocycles. The monoisotopic (exact) mass is 442 g/mol. The van der Waals surface area contributed by atoms with Crippen molar-refractivity contribution in [3.8, 4) is 11.3 Å². The van der Waals surface area contributed by atoms with Crippen molar-refractivity contribution in [2.75, 3.05) is 5.32 Å². The molecule has 3 heterocycles. The van der Waals surface area contributed by atoms with E-state index in [1.54, 1.807) is 12.1 Å². The van der Waals surface area contributed by atoms with Gasteiger partial charge in [0.15, 0.2) is 5.65 Å². The standard InChI is InChI=1S/C19H12F6N4S/c20-18(21,22)12-6-11(7-13(8-12)19(23,24)25)15-10-27-17-4-3-16(28-29(15)17)26-9-14-2-1-5-30-14/h1-8,10H,9H2,(H,26,28). The Kier molecular flexibility index (Phi) is 4.92. The van der Waals surface area contributed by atoms with Gasteiger partial charge < -0.3 is 5.32 Å². The van der Waals surface area contributed by atoms with Gasteiger partial charge in [0.05, 0.1) is 29.6 Å². The Morgan fingerprint density at radius 1 is 0.933 bits per heavy atom. The Labute approximate surface area is 169 Å². The Balaban J connectivity index is 1.77. The van der Waals surface area contributed by atoms with Crippen molar-refractivity contribution in [1.82, 2.24) is 14.6 Å². The first-order valence-electron chi connectivity index (χ1n) is 8.52. The van der Waals surface area contributed by atoms with Gasteiger partial charge in [0.25, 0.3) is 0 Å². The molecule has 0 aliphatic carbocycles. The van der Waals surface area contributed by atoms with Crippen molar-refractivity contribution in [1.29, 1.82) is 0 Å². The molecule has 3 aromatic heterocycles. The van der Waals surface area contributed by atoms with Crippen LogP contribution in [0.4, 0.5) is 32.2 Å². The Morgan fingerprint density at radius 3 is 2.23 bits per heavy atom. The quantitative estimate of drug-likeness (QED) is 0.388. The second-order valence-corrected chi connectivity index (χ2v) is 7.39. The summed E-state index contributed by atoms with van der Waals surface area (Å²) < 4.78 is 80.3. The van der Waals surface area contributed by atoms with Crippen LogP contribution >= 0.6 is 11.3 Å². The smallest absolute Gasteiger partial charge is 0.364 e.